The van der Waals surface area contributed by atoms with Gasteiger partial charge in [0.15, 0.2) is 5.69 Å². The largest absolute Gasteiger partial charge is 0.481 e. The fraction of sp³-hybridized carbons (Fsp3) is 0.364. The van der Waals surface area contributed by atoms with Crippen molar-refractivity contribution in [3.63, 3.8) is 0 Å². The molecule has 1 saturated carbocycles. The summed E-state index contributed by atoms with van der Waals surface area (Å²) in [7, 11) is -3.93. The highest BCUT2D eigenvalue weighted by atomic mass is 32.2. The molecule has 0 spiro atoms. The molecule has 0 unspecified atom stereocenters. The second-order valence-electron chi connectivity index (χ2n) is 4.37. The van der Waals surface area contributed by atoms with Crippen molar-refractivity contribution in [3.8, 4) is 6.07 Å². The molecule has 0 atom stereocenters. The van der Waals surface area contributed by atoms with Gasteiger partial charge >= 0.3 is 5.97 Å². The number of rotatable bonds is 5. The van der Waals surface area contributed by atoms with E-state index in [4.69, 9.17) is 10.4 Å². The van der Waals surface area contributed by atoms with Crippen LogP contribution in [0.5, 0.6) is 0 Å². The van der Waals surface area contributed by atoms with Crippen LogP contribution < -0.4 is 4.72 Å². The minimum Gasteiger partial charge on any atom is -0.481 e. The van der Waals surface area contributed by atoms with E-state index in [9.17, 15) is 13.2 Å². The van der Waals surface area contributed by atoms with Crippen molar-refractivity contribution in [1.82, 2.24) is 9.71 Å². The van der Waals surface area contributed by atoms with E-state index in [-0.39, 0.29) is 17.1 Å². The van der Waals surface area contributed by atoms with Crippen LogP contribution in [0.25, 0.3) is 0 Å². The number of hydrogen-bond acceptors (Lipinski definition) is 5. The number of nitrogens with zero attached hydrogens (tertiary/aromatic N) is 2. The van der Waals surface area contributed by atoms with Gasteiger partial charge in [0.05, 0.1) is 5.41 Å². The highest BCUT2D eigenvalue weighted by Gasteiger charge is 2.50. The average Bonchev–Trinajstić information content (AvgIpc) is 3.18. The van der Waals surface area contributed by atoms with Gasteiger partial charge in [-0.15, -0.1) is 0 Å². The summed E-state index contributed by atoms with van der Waals surface area (Å²) in [5, 5.41) is 17.8. The van der Waals surface area contributed by atoms with E-state index in [1.165, 1.54) is 18.3 Å². The first-order valence-electron chi connectivity index (χ1n) is 5.49. The van der Waals surface area contributed by atoms with Gasteiger partial charge in [-0.3, -0.25) is 4.79 Å². The zero-order valence-electron chi connectivity index (χ0n) is 9.83. The second-order valence-corrected chi connectivity index (χ2v) is 6.11. The molecule has 0 bridgehead atoms. The van der Waals surface area contributed by atoms with Gasteiger partial charge in [0.2, 0.25) is 10.0 Å². The van der Waals surface area contributed by atoms with Gasteiger partial charge in [-0.05, 0) is 25.0 Å². The van der Waals surface area contributed by atoms with E-state index in [2.05, 4.69) is 9.71 Å². The molecule has 1 fully saturated rings. The molecule has 1 aromatic heterocycles. The summed E-state index contributed by atoms with van der Waals surface area (Å²) in [4.78, 5) is 14.4. The Morgan fingerprint density at radius 2 is 2.26 bits per heavy atom. The molecule has 19 heavy (non-hydrogen) atoms. The highest BCUT2D eigenvalue weighted by Crippen LogP contribution is 2.45. The Kier molecular flexibility index (Phi) is 3.26. The predicted molar refractivity (Wildman–Crippen MR) is 63.4 cm³/mol. The van der Waals surface area contributed by atoms with Crippen molar-refractivity contribution in [1.29, 1.82) is 5.26 Å². The molecular weight excluding hydrogens is 270 g/mol. The molecule has 0 saturated heterocycles. The Hall–Kier alpha value is -1.98. The molecule has 2 N–H and O–H groups in total. The zero-order valence-corrected chi connectivity index (χ0v) is 10.6. The van der Waals surface area contributed by atoms with Crippen LogP contribution in [0, 0.1) is 16.7 Å². The third kappa shape index (κ3) is 2.57. The smallest absolute Gasteiger partial charge is 0.310 e. The average molecular weight is 281 g/mol. The number of aliphatic carboxylic acids is 1. The van der Waals surface area contributed by atoms with Crippen molar-refractivity contribution in [2.24, 2.45) is 5.41 Å². The van der Waals surface area contributed by atoms with Crippen molar-refractivity contribution in [2.45, 2.75) is 17.7 Å². The van der Waals surface area contributed by atoms with Crippen molar-refractivity contribution < 1.29 is 18.3 Å². The van der Waals surface area contributed by atoms with Gasteiger partial charge in [0.25, 0.3) is 0 Å². The van der Waals surface area contributed by atoms with Crippen LogP contribution in [0.2, 0.25) is 0 Å². The van der Waals surface area contributed by atoms with Crippen molar-refractivity contribution in [3.05, 3.63) is 24.0 Å². The molecule has 2 rings (SSSR count). The van der Waals surface area contributed by atoms with E-state index in [0.717, 1.165) is 0 Å². The Morgan fingerprint density at radius 3 is 2.79 bits per heavy atom. The molecule has 0 amide bonds. The lowest BCUT2D eigenvalue weighted by atomic mass is 10.1. The molecule has 1 aromatic rings. The number of hydrogen-bond donors (Lipinski definition) is 2. The first-order chi connectivity index (χ1) is 8.91. The minimum absolute atomic E-state index is 0.176. The SMILES string of the molecule is N#Cc1ncccc1S(=O)(=O)NCC1(C(=O)O)CC1. The molecule has 1 aliphatic carbocycles. The Balaban J connectivity index is 2.20. The Labute approximate surface area is 109 Å². The number of carboxylic acids is 1. The molecule has 8 heteroatoms. The van der Waals surface area contributed by atoms with Crippen LogP contribution >= 0.6 is 0 Å². The third-order valence-corrected chi connectivity index (χ3v) is 4.51. The van der Waals surface area contributed by atoms with Gasteiger partial charge in [-0.25, -0.2) is 18.1 Å². The zero-order chi connectivity index (χ0) is 14.1. The summed E-state index contributed by atoms with van der Waals surface area (Å²) in [6.45, 7) is -0.176. The lowest BCUT2D eigenvalue weighted by Gasteiger charge is -2.11. The van der Waals surface area contributed by atoms with Crippen LogP contribution in [0.4, 0.5) is 0 Å². The summed E-state index contributed by atoms with van der Waals surface area (Å²) in [5.41, 5.74) is -1.21. The molecule has 1 heterocycles. The maximum atomic E-state index is 12.0. The second kappa shape index (κ2) is 4.60. The summed E-state index contributed by atoms with van der Waals surface area (Å²) >= 11 is 0. The van der Waals surface area contributed by atoms with E-state index in [1.807, 2.05) is 0 Å². The van der Waals surface area contributed by atoms with Gasteiger partial charge in [0.1, 0.15) is 11.0 Å². The number of sulfonamides is 1. The molecule has 0 aromatic carbocycles. The third-order valence-electron chi connectivity index (χ3n) is 3.07. The van der Waals surface area contributed by atoms with Gasteiger partial charge in [-0.1, -0.05) is 0 Å². The number of aromatic nitrogens is 1. The molecule has 1 aliphatic rings. The lowest BCUT2D eigenvalue weighted by molar-refractivity contribution is -0.143. The fourth-order valence-electron chi connectivity index (χ4n) is 1.62. The van der Waals surface area contributed by atoms with Gasteiger partial charge in [0, 0.05) is 12.7 Å². The Bertz CT molecular complexity index is 659. The maximum absolute atomic E-state index is 12.0. The van der Waals surface area contributed by atoms with Crippen LogP contribution in [0.15, 0.2) is 23.2 Å². The van der Waals surface area contributed by atoms with E-state index in [1.54, 1.807) is 6.07 Å². The van der Waals surface area contributed by atoms with E-state index >= 15 is 0 Å². The minimum atomic E-state index is -3.93. The van der Waals surface area contributed by atoms with Crippen molar-refractivity contribution in [2.75, 3.05) is 6.54 Å². The molecule has 0 aliphatic heterocycles. The Morgan fingerprint density at radius 1 is 1.58 bits per heavy atom. The number of carbonyl (C=O) groups is 1. The van der Waals surface area contributed by atoms with Crippen LogP contribution in [0.1, 0.15) is 18.5 Å². The molecule has 0 radical (unpaired) electrons. The number of pyridine rings is 1. The first kappa shape index (κ1) is 13.5. The van der Waals surface area contributed by atoms with Gasteiger partial charge < -0.3 is 5.11 Å². The van der Waals surface area contributed by atoms with E-state index < -0.39 is 21.4 Å². The van der Waals surface area contributed by atoms with Gasteiger partial charge in [-0.2, -0.15) is 5.26 Å². The summed E-state index contributed by atoms with van der Waals surface area (Å²) in [6.07, 6.45) is 2.21. The molecule has 7 nitrogen and oxygen atoms in total. The van der Waals surface area contributed by atoms with Crippen molar-refractivity contribution >= 4 is 16.0 Å². The number of nitrogens with one attached hydrogen (secondary N) is 1. The van der Waals surface area contributed by atoms with Crippen LogP contribution in [-0.2, 0) is 14.8 Å². The standard InChI is InChI=1S/C11H11N3O4S/c12-6-8-9(2-1-5-13-8)19(17,18)14-7-11(3-4-11)10(15)16/h1-2,5,14H,3-4,7H2,(H,15,16). The summed E-state index contributed by atoms with van der Waals surface area (Å²) < 4.78 is 26.3. The quantitative estimate of drug-likeness (QED) is 0.789. The highest BCUT2D eigenvalue weighted by molar-refractivity contribution is 7.89. The normalized spacial score (nSPS) is 16.6. The topological polar surface area (TPSA) is 120 Å². The summed E-state index contributed by atoms with van der Waals surface area (Å²) in [6, 6.07) is 4.35. The first-order valence-corrected chi connectivity index (χ1v) is 6.98. The summed E-state index contributed by atoms with van der Waals surface area (Å²) in [5.74, 6) is -1.01. The molecular formula is C11H11N3O4S. The van der Waals surface area contributed by atoms with Crippen LogP contribution in [0.3, 0.4) is 0 Å². The lowest BCUT2D eigenvalue weighted by Crippen LogP contribution is -2.34. The molecule has 100 valence electrons. The van der Waals surface area contributed by atoms with E-state index in [0.29, 0.717) is 12.8 Å². The fourth-order valence-corrected chi connectivity index (χ4v) is 2.85. The number of carboxylic acid groups (broad SMARTS) is 1. The predicted octanol–water partition coefficient (Wildman–Crippen LogP) is 0.0964. The number of nitriles is 1. The monoisotopic (exact) mass is 281 g/mol. The van der Waals surface area contributed by atoms with Crippen LogP contribution in [-0.4, -0.2) is 31.0 Å². The maximum Gasteiger partial charge on any atom is 0.310 e.